The van der Waals surface area contributed by atoms with E-state index in [1.807, 2.05) is 32.0 Å². The Bertz CT molecular complexity index is 823. The van der Waals surface area contributed by atoms with Crippen LogP contribution < -0.4 is 20.1 Å². The number of nitrogens with one attached hydrogen (secondary N) is 2. The molecule has 8 nitrogen and oxygen atoms in total. The minimum Gasteiger partial charge on any atom is -0.454 e. The predicted molar refractivity (Wildman–Crippen MR) is 97.2 cm³/mol. The van der Waals surface area contributed by atoms with Crippen molar-refractivity contribution in [3.05, 3.63) is 18.2 Å². The number of anilines is 1. The Labute approximate surface area is 154 Å². The number of carbonyl (C=O) groups is 2. The van der Waals surface area contributed by atoms with Crippen LogP contribution in [0, 0.1) is 5.92 Å². The summed E-state index contributed by atoms with van der Waals surface area (Å²) in [5.41, 5.74) is 0.826. The van der Waals surface area contributed by atoms with Crippen molar-refractivity contribution in [3.63, 3.8) is 0 Å². The Morgan fingerprint density at radius 3 is 2.77 bits per heavy atom. The minimum atomic E-state index is -0.615. The number of hydrogen-bond acceptors (Lipinski definition) is 7. The third kappa shape index (κ3) is 3.93. The third-order valence-electron chi connectivity index (χ3n) is 4.13. The van der Waals surface area contributed by atoms with Gasteiger partial charge in [-0.25, -0.2) is 0 Å². The lowest BCUT2D eigenvalue weighted by molar-refractivity contribution is -0.126. The van der Waals surface area contributed by atoms with Crippen molar-refractivity contribution in [2.75, 3.05) is 12.1 Å². The van der Waals surface area contributed by atoms with Crippen molar-refractivity contribution < 1.29 is 19.1 Å². The van der Waals surface area contributed by atoms with E-state index in [2.05, 4.69) is 20.8 Å². The van der Waals surface area contributed by atoms with Crippen LogP contribution in [-0.4, -0.2) is 34.8 Å². The van der Waals surface area contributed by atoms with Crippen LogP contribution in [0.15, 0.2) is 18.2 Å². The monoisotopic (exact) mass is 376 g/mol. The van der Waals surface area contributed by atoms with E-state index in [1.165, 1.54) is 18.3 Å². The molecule has 0 saturated heterocycles. The second-order valence-corrected chi connectivity index (χ2v) is 7.01. The van der Waals surface area contributed by atoms with Gasteiger partial charge in [0, 0.05) is 12.5 Å². The predicted octanol–water partition coefficient (Wildman–Crippen LogP) is 2.42. The number of amides is 2. The lowest BCUT2D eigenvalue weighted by atomic mass is 9.98. The van der Waals surface area contributed by atoms with Crippen molar-refractivity contribution >= 4 is 28.3 Å². The molecule has 1 aliphatic heterocycles. The Balaban J connectivity index is 1.73. The van der Waals surface area contributed by atoms with Crippen molar-refractivity contribution in [2.24, 2.45) is 5.92 Å². The summed E-state index contributed by atoms with van der Waals surface area (Å²) in [7, 11) is 0. The molecule has 2 amide bonds. The molecule has 1 aromatic carbocycles. The molecule has 1 aromatic heterocycles. The van der Waals surface area contributed by atoms with Gasteiger partial charge in [0.15, 0.2) is 11.5 Å². The Morgan fingerprint density at radius 1 is 1.27 bits per heavy atom. The molecule has 9 heteroatoms. The average Bonchev–Trinajstić information content (AvgIpc) is 3.27. The van der Waals surface area contributed by atoms with Crippen LogP contribution in [0.4, 0.5) is 5.13 Å². The van der Waals surface area contributed by atoms with Gasteiger partial charge in [-0.3, -0.25) is 14.9 Å². The van der Waals surface area contributed by atoms with E-state index >= 15 is 0 Å². The maximum absolute atomic E-state index is 12.5. The molecule has 138 valence electrons. The number of rotatable bonds is 6. The Hall–Kier alpha value is -2.68. The molecule has 2 N–H and O–H groups in total. The zero-order valence-corrected chi connectivity index (χ0v) is 15.6. The summed E-state index contributed by atoms with van der Waals surface area (Å²) in [6, 6.07) is 4.88. The molecule has 0 radical (unpaired) electrons. The van der Waals surface area contributed by atoms with Crippen LogP contribution in [0.1, 0.15) is 27.2 Å². The molecule has 0 spiro atoms. The molecule has 2 heterocycles. The zero-order valence-electron chi connectivity index (χ0n) is 14.7. The van der Waals surface area contributed by atoms with E-state index in [9.17, 15) is 9.59 Å². The molecule has 0 saturated carbocycles. The molecule has 3 rings (SSSR count). The van der Waals surface area contributed by atoms with Gasteiger partial charge in [-0.1, -0.05) is 31.6 Å². The number of hydrogen-bond donors (Lipinski definition) is 2. The molecule has 0 bridgehead atoms. The maximum atomic E-state index is 12.5. The van der Waals surface area contributed by atoms with Crippen molar-refractivity contribution in [1.82, 2.24) is 15.5 Å². The Kier molecular flexibility index (Phi) is 5.36. The average molecular weight is 376 g/mol. The van der Waals surface area contributed by atoms with Crippen molar-refractivity contribution in [3.8, 4) is 22.1 Å². The number of carbonyl (C=O) groups excluding carboxylic acids is 2. The van der Waals surface area contributed by atoms with Crippen LogP contribution in [0.5, 0.6) is 11.5 Å². The fraction of sp³-hybridized carbons (Fsp3) is 0.412. The molecule has 26 heavy (non-hydrogen) atoms. The third-order valence-corrected chi connectivity index (χ3v) is 5.02. The normalized spacial score (nSPS) is 14.6. The van der Waals surface area contributed by atoms with Gasteiger partial charge < -0.3 is 14.8 Å². The first-order valence-corrected chi connectivity index (χ1v) is 9.11. The first kappa shape index (κ1) is 18.1. The van der Waals surface area contributed by atoms with Crippen LogP contribution in [0.3, 0.4) is 0 Å². The standard InChI is InChI=1S/C17H20N4O4S/c1-4-9(2)14(18-10(3)22)15(23)19-17-21-20-16(26-17)11-5-6-12-13(7-11)25-8-24-12/h5-7,9,14H,4,8H2,1-3H3,(H,18,22)(H,19,21,23)/t9-,14+/m0/s1. The summed E-state index contributed by atoms with van der Waals surface area (Å²) in [4.78, 5) is 23.9. The highest BCUT2D eigenvalue weighted by Crippen LogP contribution is 2.37. The van der Waals surface area contributed by atoms with Crippen LogP contribution in [0.2, 0.25) is 0 Å². The summed E-state index contributed by atoms with van der Waals surface area (Å²) >= 11 is 1.25. The highest BCUT2D eigenvalue weighted by Gasteiger charge is 2.26. The van der Waals surface area contributed by atoms with Gasteiger partial charge in [-0.2, -0.15) is 0 Å². The van der Waals surface area contributed by atoms with Crippen LogP contribution in [-0.2, 0) is 9.59 Å². The molecular formula is C17H20N4O4S. The van der Waals surface area contributed by atoms with Gasteiger partial charge >= 0.3 is 0 Å². The van der Waals surface area contributed by atoms with Crippen LogP contribution >= 0.6 is 11.3 Å². The second-order valence-electron chi connectivity index (χ2n) is 6.03. The van der Waals surface area contributed by atoms with Gasteiger partial charge in [-0.15, -0.1) is 10.2 Å². The number of aromatic nitrogens is 2. The highest BCUT2D eigenvalue weighted by atomic mass is 32.1. The number of nitrogens with zero attached hydrogens (tertiary/aromatic N) is 2. The van der Waals surface area contributed by atoms with Crippen LogP contribution in [0.25, 0.3) is 10.6 Å². The summed E-state index contributed by atoms with van der Waals surface area (Å²) in [5, 5.41) is 14.6. The van der Waals surface area contributed by atoms with Gasteiger partial charge in [0.05, 0.1) is 0 Å². The smallest absolute Gasteiger partial charge is 0.249 e. The van der Waals surface area contributed by atoms with Crippen molar-refractivity contribution in [2.45, 2.75) is 33.2 Å². The fourth-order valence-corrected chi connectivity index (χ4v) is 3.27. The summed E-state index contributed by atoms with van der Waals surface area (Å²) in [6.07, 6.45) is 0.761. The molecule has 0 aliphatic carbocycles. The first-order chi connectivity index (χ1) is 12.5. The highest BCUT2D eigenvalue weighted by molar-refractivity contribution is 7.18. The number of fused-ring (bicyclic) bond motifs is 1. The molecule has 1 aliphatic rings. The topological polar surface area (TPSA) is 102 Å². The van der Waals surface area contributed by atoms with Gasteiger partial charge in [0.25, 0.3) is 0 Å². The Morgan fingerprint density at radius 2 is 2.04 bits per heavy atom. The lowest BCUT2D eigenvalue weighted by Crippen LogP contribution is -2.46. The molecule has 0 unspecified atom stereocenters. The second kappa shape index (κ2) is 7.69. The maximum Gasteiger partial charge on any atom is 0.249 e. The SMILES string of the molecule is CC[C@H](C)[C@@H](NC(C)=O)C(=O)Nc1nnc(-c2ccc3c(c2)OCO3)s1. The van der Waals surface area contributed by atoms with Gasteiger partial charge in [-0.05, 0) is 24.1 Å². The molecule has 2 atom stereocenters. The number of benzene rings is 1. The van der Waals surface area contributed by atoms with Gasteiger partial charge in [0.1, 0.15) is 11.0 Å². The van der Waals surface area contributed by atoms with E-state index in [0.717, 1.165) is 12.0 Å². The minimum absolute atomic E-state index is 0.000140. The fourth-order valence-electron chi connectivity index (χ4n) is 2.52. The first-order valence-electron chi connectivity index (χ1n) is 8.29. The van der Waals surface area contributed by atoms with Gasteiger partial charge in [0.2, 0.25) is 23.7 Å². The zero-order chi connectivity index (χ0) is 18.7. The molecule has 0 fully saturated rings. The van der Waals surface area contributed by atoms with E-state index in [1.54, 1.807) is 0 Å². The van der Waals surface area contributed by atoms with E-state index in [0.29, 0.717) is 21.6 Å². The summed E-state index contributed by atoms with van der Waals surface area (Å²) in [5.74, 6) is 0.802. The molecular weight excluding hydrogens is 356 g/mol. The summed E-state index contributed by atoms with van der Waals surface area (Å²) < 4.78 is 10.7. The van der Waals surface area contributed by atoms with E-state index in [4.69, 9.17) is 9.47 Å². The van der Waals surface area contributed by atoms with Crippen molar-refractivity contribution in [1.29, 1.82) is 0 Å². The summed E-state index contributed by atoms with van der Waals surface area (Å²) in [6.45, 7) is 5.48. The lowest BCUT2D eigenvalue weighted by Gasteiger charge is -2.22. The largest absolute Gasteiger partial charge is 0.454 e. The van der Waals surface area contributed by atoms with E-state index < -0.39 is 6.04 Å². The molecule has 2 aromatic rings. The van der Waals surface area contributed by atoms with E-state index in [-0.39, 0.29) is 24.5 Å². The number of ether oxygens (including phenoxy) is 2. The quantitative estimate of drug-likeness (QED) is 0.803.